The standard InChI is InChI=1S/C26H31N3O7/c1-28(2)18(31)8-6-12-5-7-17(30)20-14(12)9-13-10-16-21(29(3)4)22(32)15(25(27)35)11-26(16,36)24(34)19(13)23(20)33/h5-8,13,16,21,30,32,34,36H,9-11H2,1-4H3,(H2,27,35)/b8-6+. The predicted molar refractivity (Wildman–Crippen MR) is 131 cm³/mol. The van der Waals surface area contributed by atoms with E-state index in [-0.39, 0.29) is 47.0 Å². The fourth-order valence-corrected chi connectivity index (χ4v) is 5.82. The van der Waals surface area contributed by atoms with Crippen LogP contribution in [0.4, 0.5) is 0 Å². The summed E-state index contributed by atoms with van der Waals surface area (Å²) in [6.07, 6.45) is 2.99. The summed E-state index contributed by atoms with van der Waals surface area (Å²) in [5.41, 5.74) is 4.34. The second-order valence-corrected chi connectivity index (χ2v) is 10.2. The minimum atomic E-state index is -2.00. The van der Waals surface area contributed by atoms with E-state index in [0.29, 0.717) is 11.1 Å². The van der Waals surface area contributed by atoms with E-state index in [9.17, 15) is 34.8 Å². The van der Waals surface area contributed by atoms with Crippen molar-refractivity contribution < 1.29 is 34.8 Å². The second kappa shape index (κ2) is 8.79. The zero-order valence-electron chi connectivity index (χ0n) is 20.6. The minimum absolute atomic E-state index is 0.00258. The monoisotopic (exact) mass is 497 g/mol. The first kappa shape index (κ1) is 25.5. The highest BCUT2D eigenvalue weighted by atomic mass is 16.3. The third-order valence-corrected chi connectivity index (χ3v) is 7.59. The molecule has 10 nitrogen and oxygen atoms in total. The van der Waals surface area contributed by atoms with E-state index in [4.69, 9.17) is 5.73 Å². The number of phenols is 1. The van der Waals surface area contributed by atoms with Crippen molar-refractivity contribution in [3.63, 3.8) is 0 Å². The predicted octanol–water partition coefficient (Wildman–Crippen LogP) is 1.04. The van der Waals surface area contributed by atoms with E-state index in [0.717, 1.165) is 0 Å². The van der Waals surface area contributed by atoms with Gasteiger partial charge in [-0.3, -0.25) is 19.3 Å². The van der Waals surface area contributed by atoms with Gasteiger partial charge in [-0.1, -0.05) is 6.07 Å². The lowest BCUT2D eigenvalue weighted by atomic mass is 9.59. The van der Waals surface area contributed by atoms with E-state index < -0.39 is 47.3 Å². The van der Waals surface area contributed by atoms with Crippen LogP contribution >= 0.6 is 0 Å². The van der Waals surface area contributed by atoms with Gasteiger partial charge in [-0.2, -0.15) is 0 Å². The molecule has 1 aromatic carbocycles. The number of rotatable bonds is 4. The minimum Gasteiger partial charge on any atom is -0.510 e. The van der Waals surface area contributed by atoms with Gasteiger partial charge in [0.15, 0.2) is 5.78 Å². The zero-order valence-corrected chi connectivity index (χ0v) is 20.6. The van der Waals surface area contributed by atoms with E-state index in [2.05, 4.69) is 0 Å². The number of likely N-dealkylation sites (N-methyl/N-ethyl adjacent to an activating group) is 2. The molecule has 0 saturated heterocycles. The van der Waals surface area contributed by atoms with Crippen molar-refractivity contribution in [3.8, 4) is 5.75 Å². The fourth-order valence-electron chi connectivity index (χ4n) is 5.82. The molecule has 6 N–H and O–H groups in total. The summed E-state index contributed by atoms with van der Waals surface area (Å²) < 4.78 is 0. The van der Waals surface area contributed by atoms with Crippen molar-refractivity contribution in [2.75, 3.05) is 28.2 Å². The molecule has 0 aromatic heterocycles. The number of Topliss-reactive ketones (excluding diaryl/α,β-unsaturated/α-hetero) is 1. The number of carbonyl (C=O) groups excluding carboxylic acids is 3. The van der Waals surface area contributed by atoms with Gasteiger partial charge in [-0.15, -0.1) is 0 Å². The Bertz CT molecular complexity index is 1260. The molecule has 0 saturated carbocycles. The Morgan fingerprint density at radius 2 is 1.81 bits per heavy atom. The summed E-state index contributed by atoms with van der Waals surface area (Å²) in [4.78, 5) is 40.8. The van der Waals surface area contributed by atoms with Gasteiger partial charge >= 0.3 is 0 Å². The van der Waals surface area contributed by atoms with Gasteiger partial charge in [0.2, 0.25) is 11.8 Å². The van der Waals surface area contributed by atoms with Gasteiger partial charge in [0.1, 0.15) is 22.9 Å². The van der Waals surface area contributed by atoms with Gasteiger partial charge in [0.25, 0.3) is 0 Å². The Kier molecular flexibility index (Phi) is 6.22. The Balaban J connectivity index is 1.86. The lowest BCUT2D eigenvalue weighted by molar-refractivity contribution is -0.123. The van der Waals surface area contributed by atoms with Crippen LogP contribution in [0.25, 0.3) is 6.08 Å². The summed E-state index contributed by atoms with van der Waals surface area (Å²) >= 11 is 0. The Morgan fingerprint density at radius 1 is 1.14 bits per heavy atom. The molecule has 0 aliphatic heterocycles. The summed E-state index contributed by atoms with van der Waals surface area (Å²) in [7, 11) is 6.58. The normalized spacial score (nSPS) is 27.7. The Morgan fingerprint density at radius 3 is 2.39 bits per heavy atom. The number of benzene rings is 1. The van der Waals surface area contributed by atoms with Crippen molar-refractivity contribution in [1.29, 1.82) is 0 Å². The number of amides is 2. The van der Waals surface area contributed by atoms with Gasteiger partial charge in [-0.25, -0.2) is 0 Å². The van der Waals surface area contributed by atoms with Crippen LogP contribution in [-0.4, -0.2) is 87.7 Å². The summed E-state index contributed by atoms with van der Waals surface area (Å²) in [5, 5.41) is 44.4. The lowest BCUT2D eigenvalue weighted by Crippen LogP contribution is -2.59. The van der Waals surface area contributed by atoms with Crippen molar-refractivity contribution in [1.82, 2.24) is 9.80 Å². The molecule has 36 heavy (non-hydrogen) atoms. The van der Waals surface area contributed by atoms with Crippen molar-refractivity contribution in [2.24, 2.45) is 17.6 Å². The quantitative estimate of drug-likeness (QED) is 0.385. The van der Waals surface area contributed by atoms with Crippen LogP contribution in [-0.2, 0) is 16.0 Å². The van der Waals surface area contributed by atoms with Crippen LogP contribution in [0.3, 0.4) is 0 Å². The van der Waals surface area contributed by atoms with Crippen LogP contribution in [0.1, 0.15) is 34.3 Å². The SMILES string of the molecule is CN(C)C(=O)/C=C/c1ccc(O)c2c1CC1CC3C(N(C)C)C(O)=C(C(N)=O)CC3(O)C(O)=C1C2=O. The molecule has 0 spiro atoms. The first-order chi connectivity index (χ1) is 16.8. The first-order valence-electron chi connectivity index (χ1n) is 11.6. The molecule has 4 atom stereocenters. The maximum atomic E-state index is 13.6. The van der Waals surface area contributed by atoms with Gasteiger partial charge in [0, 0.05) is 38.1 Å². The molecule has 0 radical (unpaired) electrons. The van der Waals surface area contributed by atoms with Crippen molar-refractivity contribution in [2.45, 2.75) is 30.9 Å². The molecule has 10 heteroatoms. The fraction of sp³-hybridized carbons (Fsp3) is 0.423. The number of primary amides is 1. The number of aliphatic hydroxyl groups excluding tert-OH is 2. The Hall–Kier alpha value is -3.63. The molecule has 2 amide bonds. The highest BCUT2D eigenvalue weighted by Gasteiger charge is 2.58. The lowest BCUT2D eigenvalue weighted by Gasteiger charge is -2.51. The molecule has 0 fully saturated rings. The van der Waals surface area contributed by atoms with E-state index >= 15 is 0 Å². The maximum absolute atomic E-state index is 13.6. The summed E-state index contributed by atoms with van der Waals surface area (Å²) in [6, 6.07) is 2.14. The smallest absolute Gasteiger partial charge is 0.248 e. The molecule has 192 valence electrons. The van der Waals surface area contributed by atoms with Crippen LogP contribution < -0.4 is 5.73 Å². The summed E-state index contributed by atoms with van der Waals surface area (Å²) in [5.74, 6) is -4.17. The molecule has 0 heterocycles. The van der Waals surface area contributed by atoms with E-state index in [1.54, 1.807) is 45.2 Å². The highest BCUT2D eigenvalue weighted by molar-refractivity contribution is 6.14. The Labute approximate surface area is 208 Å². The largest absolute Gasteiger partial charge is 0.510 e. The number of aromatic hydroxyl groups is 1. The summed E-state index contributed by atoms with van der Waals surface area (Å²) in [6.45, 7) is 0. The number of carbonyl (C=O) groups is 3. The maximum Gasteiger partial charge on any atom is 0.248 e. The third-order valence-electron chi connectivity index (χ3n) is 7.59. The molecule has 4 unspecified atom stereocenters. The number of hydrogen-bond acceptors (Lipinski definition) is 8. The van der Waals surface area contributed by atoms with Crippen molar-refractivity contribution >= 4 is 23.7 Å². The number of nitrogens with two attached hydrogens (primary N) is 1. The highest BCUT2D eigenvalue weighted by Crippen LogP contribution is 2.53. The number of hydrogen-bond donors (Lipinski definition) is 5. The molecule has 1 aromatic rings. The molecule has 0 bridgehead atoms. The van der Waals surface area contributed by atoms with E-state index in [1.165, 1.54) is 17.0 Å². The molecular weight excluding hydrogens is 466 g/mol. The van der Waals surface area contributed by atoms with Gasteiger partial charge in [-0.05, 0) is 56.1 Å². The molecular formula is C26H31N3O7. The molecule has 3 aliphatic carbocycles. The number of aliphatic hydroxyl groups is 3. The third kappa shape index (κ3) is 3.77. The number of nitrogens with zero attached hydrogens (tertiary/aromatic N) is 2. The molecule has 3 aliphatic rings. The average molecular weight is 498 g/mol. The van der Waals surface area contributed by atoms with Crippen LogP contribution in [0.5, 0.6) is 5.75 Å². The van der Waals surface area contributed by atoms with Gasteiger partial charge in [0.05, 0.1) is 17.2 Å². The van der Waals surface area contributed by atoms with Crippen molar-refractivity contribution in [3.05, 3.63) is 57.6 Å². The number of allylic oxidation sites excluding steroid dienone is 1. The zero-order chi connectivity index (χ0) is 26.7. The first-order valence-corrected chi connectivity index (χ1v) is 11.6. The molecule has 4 rings (SSSR count). The van der Waals surface area contributed by atoms with Crippen LogP contribution in [0, 0.1) is 11.8 Å². The number of ketones is 1. The average Bonchev–Trinajstić information content (AvgIpc) is 2.79. The van der Waals surface area contributed by atoms with E-state index in [1.807, 2.05) is 0 Å². The topological polar surface area (TPSA) is 165 Å². The second-order valence-electron chi connectivity index (χ2n) is 10.2. The van der Waals surface area contributed by atoms with Crippen LogP contribution in [0.15, 0.2) is 40.9 Å². The van der Waals surface area contributed by atoms with Crippen LogP contribution in [0.2, 0.25) is 0 Å². The number of fused-ring (bicyclic) bond motifs is 3. The number of phenolic OH excluding ortho intramolecular Hbond substituents is 1. The van der Waals surface area contributed by atoms with Gasteiger partial charge < -0.3 is 31.1 Å².